The van der Waals surface area contributed by atoms with Gasteiger partial charge >= 0.3 is 5.97 Å². The zero-order valence-electron chi connectivity index (χ0n) is 12.2. The predicted octanol–water partition coefficient (Wildman–Crippen LogP) is 2.12. The van der Waals surface area contributed by atoms with E-state index >= 15 is 0 Å². The number of benzene rings is 1. The molecule has 9 heteroatoms. The molecule has 124 valence electrons. The molecule has 1 saturated heterocycles. The van der Waals surface area contributed by atoms with Crippen LogP contribution in [0, 0.1) is 3.57 Å². The van der Waals surface area contributed by atoms with Crippen molar-refractivity contribution in [2.75, 3.05) is 10.2 Å². The van der Waals surface area contributed by atoms with Gasteiger partial charge in [0, 0.05) is 14.6 Å². The zero-order chi connectivity index (χ0) is 17.3. The van der Waals surface area contributed by atoms with E-state index in [1.54, 1.807) is 5.38 Å². The minimum absolute atomic E-state index is 0.0398. The molecule has 2 aromatic rings. The predicted molar refractivity (Wildman–Crippen MR) is 97.1 cm³/mol. The lowest BCUT2D eigenvalue weighted by Gasteiger charge is -2.13. The summed E-state index contributed by atoms with van der Waals surface area (Å²) in [4.78, 5) is 40.6. The highest BCUT2D eigenvalue weighted by molar-refractivity contribution is 14.1. The number of carboxylic acids is 1. The largest absolute Gasteiger partial charge is 0.481 e. The van der Waals surface area contributed by atoms with Crippen molar-refractivity contribution in [3.05, 3.63) is 38.9 Å². The second-order valence-electron chi connectivity index (χ2n) is 5.17. The molecule has 0 saturated carbocycles. The highest BCUT2D eigenvalue weighted by atomic mass is 127. The van der Waals surface area contributed by atoms with Crippen LogP contribution in [0.1, 0.15) is 12.1 Å². The topological polar surface area (TPSA) is 99.6 Å². The molecule has 1 aliphatic rings. The molecule has 2 N–H and O–H groups in total. The summed E-state index contributed by atoms with van der Waals surface area (Å²) in [5, 5.41) is 13.6. The number of carbonyl (C=O) groups is 3. The number of imide groups is 1. The molecule has 7 nitrogen and oxygen atoms in total. The molecule has 0 radical (unpaired) electrons. The van der Waals surface area contributed by atoms with Gasteiger partial charge in [-0.15, -0.1) is 11.3 Å². The number of nitrogens with zero attached hydrogens (tertiary/aromatic N) is 2. The van der Waals surface area contributed by atoms with Crippen LogP contribution in [0.4, 0.5) is 10.8 Å². The van der Waals surface area contributed by atoms with Gasteiger partial charge in [0.05, 0.1) is 18.5 Å². The molecule has 2 amide bonds. The molecule has 24 heavy (non-hydrogen) atoms. The first-order valence-electron chi connectivity index (χ1n) is 6.99. The fraction of sp³-hybridized carbons (Fsp3) is 0.200. The fourth-order valence-electron chi connectivity index (χ4n) is 2.36. The van der Waals surface area contributed by atoms with Gasteiger partial charge in [0.25, 0.3) is 5.91 Å². The van der Waals surface area contributed by atoms with Gasteiger partial charge in [-0.05, 0) is 40.8 Å². The van der Waals surface area contributed by atoms with Crippen LogP contribution in [0.15, 0.2) is 29.6 Å². The Morgan fingerprint density at radius 3 is 2.96 bits per heavy atom. The molecular weight excluding hydrogens is 445 g/mol. The van der Waals surface area contributed by atoms with E-state index in [1.807, 2.05) is 24.3 Å². The number of halogens is 1. The summed E-state index contributed by atoms with van der Waals surface area (Å²) in [5.41, 5.74) is 1.10. The van der Waals surface area contributed by atoms with Gasteiger partial charge in [-0.25, -0.2) is 9.88 Å². The molecule has 0 spiro atoms. The Hall–Kier alpha value is -2.01. The third-order valence-corrected chi connectivity index (χ3v) is 4.92. The Morgan fingerprint density at radius 2 is 2.25 bits per heavy atom. The van der Waals surface area contributed by atoms with E-state index in [9.17, 15) is 14.4 Å². The third-order valence-electron chi connectivity index (χ3n) is 3.38. The van der Waals surface area contributed by atoms with Crippen molar-refractivity contribution in [3.63, 3.8) is 0 Å². The monoisotopic (exact) mass is 457 g/mol. The maximum Gasteiger partial charge on any atom is 0.309 e. The number of hydrogen-bond donors (Lipinski definition) is 2. The third kappa shape index (κ3) is 3.56. The standard InChI is InChI=1S/C15H12IN3O4S/c16-8-2-1-3-9(4-8)17-11-6-12(20)19(14(11)23)15-18-10(7-24-15)5-13(21)22/h1-4,7,11,17H,5-6H2,(H,21,22). The number of aromatic nitrogens is 1. The number of rotatable bonds is 5. The van der Waals surface area contributed by atoms with E-state index in [0.717, 1.165) is 25.5 Å². The number of amides is 2. The summed E-state index contributed by atoms with van der Waals surface area (Å²) in [5.74, 6) is -1.74. The molecule has 1 fully saturated rings. The number of thiazole rings is 1. The van der Waals surface area contributed by atoms with Crippen LogP contribution in [0.5, 0.6) is 0 Å². The SMILES string of the molecule is O=C(O)Cc1csc(N2C(=O)CC(Nc3cccc(I)c3)C2=O)n1. The lowest BCUT2D eigenvalue weighted by atomic mass is 10.2. The molecule has 1 aromatic carbocycles. The molecule has 1 aromatic heterocycles. The quantitative estimate of drug-likeness (QED) is 0.527. The summed E-state index contributed by atoms with van der Waals surface area (Å²) in [6, 6.07) is 6.86. The van der Waals surface area contributed by atoms with Gasteiger partial charge in [-0.1, -0.05) is 6.07 Å². The van der Waals surface area contributed by atoms with Gasteiger partial charge in [-0.3, -0.25) is 14.4 Å². The van der Waals surface area contributed by atoms with Crippen LogP contribution in [0.25, 0.3) is 0 Å². The molecule has 3 rings (SSSR count). The number of carbonyl (C=O) groups excluding carboxylic acids is 2. The van der Waals surface area contributed by atoms with E-state index in [0.29, 0.717) is 5.69 Å². The Kier molecular flexibility index (Phi) is 4.81. The molecule has 1 unspecified atom stereocenters. The number of aliphatic carboxylic acids is 1. The van der Waals surface area contributed by atoms with Crippen molar-refractivity contribution in [1.29, 1.82) is 0 Å². The zero-order valence-corrected chi connectivity index (χ0v) is 15.2. The van der Waals surface area contributed by atoms with Gasteiger partial charge in [0.15, 0.2) is 5.13 Å². The maximum atomic E-state index is 12.5. The molecule has 1 atom stereocenters. The van der Waals surface area contributed by atoms with Crippen molar-refractivity contribution in [2.45, 2.75) is 18.9 Å². The van der Waals surface area contributed by atoms with E-state index < -0.39 is 12.0 Å². The van der Waals surface area contributed by atoms with Crippen molar-refractivity contribution in [2.24, 2.45) is 0 Å². The first-order chi connectivity index (χ1) is 11.4. The van der Waals surface area contributed by atoms with Gasteiger partial charge in [-0.2, -0.15) is 0 Å². The second-order valence-corrected chi connectivity index (χ2v) is 7.25. The van der Waals surface area contributed by atoms with Crippen LogP contribution in [0.2, 0.25) is 0 Å². The van der Waals surface area contributed by atoms with E-state index in [-0.39, 0.29) is 29.8 Å². The lowest BCUT2D eigenvalue weighted by molar-refractivity contribution is -0.136. The molecule has 0 bridgehead atoms. The Bertz CT molecular complexity index is 823. The van der Waals surface area contributed by atoms with Crippen LogP contribution >= 0.6 is 33.9 Å². The van der Waals surface area contributed by atoms with Crippen LogP contribution in [-0.4, -0.2) is 33.9 Å². The number of hydrogen-bond acceptors (Lipinski definition) is 6. The molecular formula is C15H12IN3O4S. The van der Waals surface area contributed by atoms with Crippen LogP contribution in [0.3, 0.4) is 0 Å². The lowest BCUT2D eigenvalue weighted by Crippen LogP contribution is -2.34. The van der Waals surface area contributed by atoms with Gasteiger partial charge < -0.3 is 10.4 Å². The molecule has 2 heterocycles. The van der Waals surface area contributed by atoms with Crippen molar-refractivity contribution in [1.82, 2.24) is 4.98 Å². The Labute approximate surface area is 154 Å². The van der Waals surface area contributed by atoms with Crippen molar-refractivity contribution < 1.29 is 19.5 Å². The number of carboxylic acid groups (broad SMARTS) is 1. The average Bonchev–Trinajstić information content (AvgIpc) is 3.04. The summed E-state index contributed by atoms with van der Waals surface area (Å²) in [7, 11) is 0. The first-order valence-corrected chi connectivity index (χ1v) is 8.95. The second kappa shape index (κ2) is 6.85. The average molecular weight is 457 g/mol. The normalized spacial score (nSPS) is 17.4. The van der Waals surface area contributed by atoms with Crippen molar-refractivity contribution >= 4 is 62.5 Å². The van der Waals surface area contributed by atoms with Crippen molar-refractivity contribution in [3.8, 4) is 0 Å². The summed E-state index contributed by atoms with van der Waals surface area (Å²) in [6.07, 6.45) is -0.199. The van der Waals surface area contributed by atoms with E-state index in [1.165, 1.54) is 0 Å². The van der Waals surface area contributed by atoms with Crippen LogP contribution in [-0.2, 0) is 20.8 Å². The summed E-state index contributed by atoms with van der Waals surface area (Å²) >= 11 is 3.26. The van der Waals surface area contributed by atoms with Gasteiger partial charge in [0.2, 0.25) is 5.91 Å². The maximum absolute atomic E-state index is 12.5. The minimum Gasteiger partial charge on any atom is -0.481 e. The first kappa shape index (κ1) is 16.8. The summed E-state index contributed by atoms with van der Waals surface area (Å²) in [6.45, 7) is 0. The highest BCUT2D eigenvalue weighted by Gasteiger charge is 2.41. The number of nitrogens with one attached hydrogen (secondary N) is 1. The van der Waals surface area contributed by atoms with E-state index in [2.05, 4.69) is 32.9 Å². The van der Waals surface area contributed by atoms with Gasteiger partial charge in [0.1, 0.15) is 6.04 Å². The number of anilines is 2. The Balaban J connectivity index is 1.76. The van der Waals surface area contributed by atoms with E-state index in [4.69, 9.17) is 5.11 Å². The highest BCUT2D eigenvalue weighted by Crippen LogP contribution is 2.28. The minimum atomic E-state index is -1.01. The van der Waals surface area contributed by atoms with Crippen LogP contribution < -0.4 is 10.2 Å². The Morgan fingerprint density at radius 1 is 1.46 bits per heavy atom. The summed E-state index contributed by atoms with van der Waals surface area (Å²) < 4.78 is 1.02. The molecule has 0 aliphatic carbocycles. The molecule has 1 aliphatic heterocycles. The fourth-order valence-corrected chi connectivity index (χ4v) is 3.75. The smallest absolute Gasteiger partial charge is 0.309 e.